The highest BCUT2D eigenvalue weighted by Crippen LogP contribution is 2.35. The third-order valence-corrected chi connectivity index (χ3v) is 4.55. The summed E-state index contributed by atoms with van der Waals surface area (Å²) in [4.78, 5) is 24.8. The van der Waals surface area contributed by atoms with Crippen LogP contribution >= 0.6 is 0 Å². The van der Waals surface area contributed by atoms with Crippen molar-refractivity contribution in [1.82, 2.24) is 10.2 Å². The fourth-order valence-corrected chi connectivity index (χ4v) is 3.28. The molecule has 1 saturated carbocycles. The van der Waals surface area contributed by atoms with Crippen LogP contribution in [0.2, 0.25) is 0 Å². The van der Waals surface area contributed by atoms with Gasteiger partial charge in [-0.25, -0.2) is 4.79 Å². The first-order chi connectivity index (χ1) is 9.09. The Labute approximate surface area is 114 Å². The lowest BCUT2D eigenvalue weighted by Gasteiger charge is -2.31. The maximum Gasteiger partial charge on any atom is 0.317 e. The van der Waals surface area contributed by atoms with Gasteiger partial charge in [-0.2, -0.15) is 0 Å². The zero-order chi connectivity index (χ0) is 13.8. The molecule has 2 fully saturated rings. The van der Waals surface area contributed by atoms with Crippen molar-refractivity contribution in [3.05, 3.63) is 0 Å². The van der Waals surface area contributed by atoms with Crippen LogP contribution in [0.15, 0.2) is 0 Å². The zero-order valence-electron chi connectivity index (χ0n) is 11.6. The van der Waals surface area contributed by atoms with Gasteiger partial charge in [0.05, 0.1) is 5.92 Å². The van der Waals surface area contributed by atoms with E-state index in [0.29, 0.717) is 24.9 Å². The molecule has 0 radical (unpaired) electrons. The molecule has 1 aliphatic carbocycles. The SMILES string of the molecule is CC(CCNC(=O)N1CCC2CCCCC21)C(=O)O. The van der Waals surface area contributed by atoms with Crippen molar-refractivity contribution in [3.63, 3.8) is 0 Å². The Morgan fingerprint density at radius 1 is 1.32 bits per heavy atom. The average Bonchev–Trinajstić information content (AvgIpc) is 2.82. The Balaban J connectivity index is 1.75. The van der Waals surface area contributed by atoms with E-state index in [9.17, 15) is 9.59 Å². The lowest BCUT2D eigenvalue weighted by atomic mass is 9.85. The van der Waals surface area contributed by atoms with E-state index in [2.05, 4.69) is 5.32 Å². The lowest BCUT2D eigenvalue weighted by Crippen LogP contribution is -2.45. The number of carbonyl (C=O) groups excluding carboxylic acids is 1. The molecule has 0 aromatic heterocycles. The molecule has 3 unspecified atom stereocenters. The molecular formula is C14H24N2O3. The Bertz CT molecular complexity index is 346. The number of fused-ring (bicyclic) bond motifs is 1. The average molecular weight is 268 g/mol. The van der Waals surface area contributed by atoms with Crippen LogP contribution in [0.25, 0.3) is 0 Å². The van der Waals surface area contributed by atoms with E-state index in [1.165, 1.54) is 19.3 Å². The second kappa shape index (κ2) is 6.26. The molecule has 5 heteroatoms. The summed E-state index contributed by atoms with van der Waals surface area (Å²) in [5.74, 6) is -0.512. The molecule has 19 heavy (non-hydrogen) atoms. The number of amides is 2. The molecule has 0 aromatic carbocycles. The fourth-order valence-electron chi connectivity index (χ4n) is 3.28. The first-order valence-electron chi connectivity index (χ1n) is 7.37. The second-order valence-electron chi connectivity index (χ2n) is 5.85. The maximum absolute atomic E-state index is 12.1. The third-order valence-electron chi connectivity index (χ3n) is 4.55. The van der Waals surface area contributed by atoms with Crippen LogP contribution in [-0.4, -0.2) is 41.1 Å². The summed E-state index contributed by atoms with van der Waals surface area (Å²) in [6, 6.07) is 0.414. The van der Waals surface area contributed by atoms with Crippen LogP contribution in [0.1, 0.15) is 45.4 Å². The van der Waals surface area contributed by atoms with Crippen molar-refractivity contribution in [3.8, 4) is 0 Å². The van der Waals surface area contributed by atoms with Crippen LogP contribution in [0, 0.1) is 11.8 Å². The van der Waals surface area contributed by atoms with Gasteiger partial charge in [-0.15, -0.1) is 0 Å². The number of aliphatic carboxylic acids is 1. The fraction of sp³-hybridized carbons (Fsp3) is 0.857. The molecular weight excluding hydrogens is 244 g/mol. The number of carboxylic acids is 1. The first kappa shape index (κ1) is 14.2. The van der Waals surface area contributed by atoms with E-state index in [0.717, 1.165) is 19.4 Å². The summed E-state index contributed by atoms with van der Waals surface area (Å²) >= 11 is 0. The maximum atomic E-state index is 12.1. The molecule has 0 bridgehead atoms. The molecule has 5 nitrogen and oxygen atoms in total. The highest BCUT2D eigenvalue weighted by molar-refractivity contribution is 5.75. The predicted molar refractivity (Wildman–Crippen MR) is 71.9 cm³/mol. The highest BCUT2D eigenvalue weighted by Gasteiger charge is 2.37. The van der Waals surface area contributed by atoms with Crippen molar-refractivity contribution < 1.29 is 14.7 Å². The quantitative estimate of drug-likeness (QED) is 0.820. The van der Waals surface area contributed by atoms with E-state index in [1.54, 1.807) is 6.92 Å². The minimum absolute atomic E-state index is 0.00742. The topological polar surface area (TPSA) is 69.6 Å². The number of carbonyl (C=O) groups is 2. The van der Waals surface area contributed by atoms with E-state index >= 15 is 0 Å². The van der Waals surface area contributed by atoms with Crippen LogP contribution in [-0.2, 0) is 4.79 Å². The van der Waals surface area contributed by atoms with E-state index < -0.39 is 11.9 Å². The summed E-state index contributed by atoms with van der Waals surface area (Å²) in [6.07, 6.45) is 6.52. The summed E-state index contributed by atoms with van der Waals surface area (Å²) in [7, 11) is 0. The number of rotatable bonds is 4. The second-order valence-corrected chi connectivity index (χ2v) is 5.85. The van der Waals surface area contributed by atoms with Gasteiger partial charge in [0.1, 0.15) is 0 Å². The molecule has 2 N–H and O–H groups in total. The molecule has 108 valence electrons. The lowest BCUT2D eigenvalue weighted by molar-refractivity contribution is -0.141. The molecule has 2 amide bonds. The van der Waals surface area contributed by atoms with Crippen molar-refractivity contribution in [1.29, 1.82) is 0 Å². The van der Waals surface area contributed by atoms with Gasteiger partial charge in [0.2, 0.25) is 0 Å². The smallest absolute Gasteiger partial charge is 0.317 e. The molecule has 3 atom stereocenters. The first-order valence-corrected chi connectivity index (χ1v) is 7.37. The Morgan fingerprint density at radius 3 is 2.79 bits per heavy atom. The highest BCUT2D eigenvalue weighted by atomic mass is 16.4. The van der Waals surface area contributed by atoms with E-state index in [4.69, 9.17) is 5.11 Å². The van der Waals surface area contributed by atoms with Gasteiger partial charge in [-0.05, 0) is 31.6 Å². The summed E-state index contributed by atoms with van der Waals surface area (Å²) in [6.45, 7) is 2.97. The van der Waals surface area contributed by atoms with Crippen molar-refractivity contribution in [2.45, 2.75) is 51.5 Å². The number of carboxylic acid groups (broad SMARTS) is 1. The molecule has 2 rings (SSSR count). The minimum Gasteiger partial charge on any atom is -0.481 e. The number of urea groups is 1. The van der Waals surface area contributed by atoms with E-state index in [-0.39, 0.29) is 6.03 Å². The van der Waals surface area contributed by atoms with E-state index in [1.807, 2.05) is 4.90 Å². The van der Waals surface area contributed by atoms with Gasteiger partial charge in [-0.3, -0.25) is 4.79 Å². The van der Waals surface area contributed by atoms with Crippen molar-refractivity contribution in [2.75, 3.05) is 13.1 Å². The zero-order valence-corrected chi connectivity index (χ0v) is 11.6. The number of likely N-dealkylation sites (tertiary alicyclic amines) is 1. The number of hydrogen-bond donors (Lipinski definition) is 2. The Hall–Kier alpha value is -1.26. The number of nitrogens with zero attached hydrogens (tertiary/aromatic N) is 1. The van der Waals surface area contributed by atoms with Crippen LogP contribution < -0.4 is 5.32 Å². The van der Waals surface area contributed by atoms with Gasteiger partial charge in [0.25, 0.3) is 0 Å². The molecule has 1 heterocycles. The predicted octanol–water partition coefficient (Wildman–Crippen LogP) is 2.07. The van der Waals surface area contributed by atoms with Crippen molar-refractivity contribution in [2.24, 2.45) is 11.8 Å². The van der Waals surface area contributed by atoms with Crippen molar-refractivity contribution >= 4 is 12.0 Å². The molecule has 1 saturated heterocycles. The standard InChI is InChI=1S/C14H24N2O3/c1-10(13(17)18)6-8-15-14(19)16-9-7-11-4-2-3-5-12(11)16/h10-12H,2-9H2,1H3,(H,15,19)(H,17,18). The van der Waals surface area contributed by atoms with Gasteiger partial charge in [-0.1, -0.05) is 19.8 Å². The third kappa shape index (κ3) is 3.39. The van der Waals surface area contributed by atoms with Crippen LogP contribution in [0.4, 0.5) is 4.79 Å². The molecule has 0 spiro atoms. The van der Waals surface area contributed by atoms with Gasteiger partial charge in [0.15, 0.2) is 0 Å². The minimum atomic E-state index is -0.803. The molecule has 1 aliphatic heterocycles. The summed E-state index contributed by atoms with van der Waals surface area (Å²) in [5.41, 5.74) is 0. The Morgan fingerprint density at radius 2 is 2.05 bits per heavy atom. The van der Waals surface area contributed by atoms with Gasteiger partial charge >= 0.3 is 12.0 Å². The van der Waals surface area contributed by atoms with Gasteiger partial charge < -0.3 is 15.3 Å². The molecule has 0 aromatic rings. The van der Waals surface area contributed by atoms with Crippen LogP contribution in [0.3, 0.4) is 0 Å². The summed E-state index contributed by atoms with van der Waals surface area (Å²) < 4.78 is 0. The largest absolute Gasteiger partial charge is 0.481 e. The monoisotopic (exact) mass is 268 g/mol. The Kier molecular flexibility index (Phi) is 4.66. The molecule has 2 aliphatic rings. The number of nitrogens with one attached hydrogen (secondary N) is 1. The normalized spacial score (nSPS) is 27.7. The van der Waals surface area contributed by atoms with Gasteiger partial charge in [0, 0.05) is 19.1 Å². The summed E-state index contributed by atoms with van der Waals surface area (Å²) in [5, 5.41) is 11.7. The van der Waals surface area contributed by atoms with Crippen LogP contribution in [0.5, 0.6) is 0 Å². The number of hydrogen-bond acceptors (Lipinski definition) is 2.